The zero-order chi connectivity index (χ0) is 16.6. The van der Waals surface area contributed by atoms with Gasteiger partial charge in [-0.15, -0.1) is 0 Å². The molecule has 3 saturated carbocycles. The number of hydrogen-bond acceptors (Lipinski definition) is 1. The Morgan fingerprint density at radius 1 is 0.600 bits per heavy atom. The van der Waals surface area contributed by atoms with Crippen LogP contribution in [-0.4, -0.2) is 12.1 Å². The third kappa shape index (κ3) is 3.35. The zero-order valence-corrected chi connectivity index (χ0v) is 16.2. The molecule has 4 fully saturated rings. The smallest absolute Gasteiger partial charge is 0.0101 e. The van der Waals surface area contributed by atoms with Crippen molar-refractivity contribution in [1.29, 1.82) is 0 Å². The maximum atomic E-state index is 4.12. The summed E-state index contributed by atoms with van der Waals surface area (Å²) >= 11 is 0. The SMILES string of the molecule is C1=CC(C2CCC3NC4CCC(C5CCCCC5)CC4C3C2)CCC1. The first-order chi connectivity index (χ1) is 12.4. The first-order valence-corrected chi connectivity index (χ1v) is 11.8. The lowest BCUT2D eigenvalue weighted by molar-refractivity contribution is 0.107. The second kappa shape index (κ2) is 7.37. The van der Waals surface area contributed by atoms with E-state index in [0.29, 0.717) is 0 Å². The summed E-state index contributed by atoms with van der Waals surface area (Å²) in [7, 11) is 0. The summed E-state index contributed by atoms with van der Waals surface area (Å²) < 4.78 is 0. The highest BCUT2D eigenvalue weighted by Crippen LogP contribution is 2.51. The third-order valence-electron chi connectivity index (χ3n) is 9.07. The largest absolute Gasteiger partial charge is 0.311 e. The van der Waals surface area contributed by atoms with Crippen molar-refractivity contribution in [3.63, 3.8) is 0 Å². The van der Waals surface area contributed by atoms with Crippen molar-refractivity contribution < 1.29 is 0 Å². The molecule has 1 heteroatoms. The van der Waals surface area contributed by atoms with Crippen LogP contribution in [0.15, 0.2) is 12.2 Å². The van der Waals surface area contributed by atoms with Gasteiger partial charge in [-0.05, 0) is 93.3 Å². The lowest BCUT2D eigenvalue weighted by Crippen LogP contribution is -2.37. The molecule has 0 aromatic heterocycles. The molecule has 0 radical (unpaired) electrons. The van der Waals surface area contributed by atoms with E-state index in [9.17, 15) is 0 Å². The van der Waals surface area contributed by atoms with Gasteiger partial charge in [0.1, 0.15) is 0 Å². The van der Waals surface area contributed by atoms with Gasteiger partial charge in [0.25, 0.3) is 0 Å². The fraction of sp³-hybridized carbons (Fsp3) is 0.917. The fourth-order valence-corrected chi connectivity index (χ4v) is 7.77. The summed E-state index contributed by atoms with van der Waals surface area (Å²) in [6.45, 7) is 0. The average Bonchev–Trinajstić information content (AvgIpc) is 3.06. The van der Waals surface area contributed by atoms with Crippen molar-refractivity contribution >= 4 is 0 Å². The third-order valence-corrected chi connectivity index (χ3v) is 9.07. The first-order valence-electron chi connectivity index (χ1n) is 11.8. The van der Waals surface area contributed by atoms with Crippen LogP contribution in [0, 0.1) is 35.5 Å². The number of rotatable bonds is 2. The zero-order valence-electron chi connectivity index (χ0n) is 16.2. The molecule has 7 unspecified atom stereocenters. The number of allylic oxidation sites excluding steroid dienone is 2. The molecular weight excluding hydrogens is 302 g/mol. The van der Waals surface area contributed by atoms with Crippen LogP contribution in [0.25, 0.3) is 0 Å². The Balaban J connectivity index is 1.26. The van der Waals surface area contributed by atoms with Crippen molar-refractivity contribution in [2.75, 3.05) is 0 Å². The standard InChI is InChI=1S/C24H39N/c1-3-7-17(8-4-1)19-11-13-23-21(15-19)22-16-20(12-14-24(22)25-23)18-9-5-2-6-10-18/h3,7,17-25H,1-2,4-6,8-16H2. The lowest BCUT2D eigenvalue weighted by Gasteiger charge is -2.42. The lowest BCUT2D eigenvalue weighted by atomic mass is 9.63. The van der Waals surface area contributed by atoms with Gasteiger partial charge in [0.15, 0.2) is 0 Å². The quantitative estimate of drug-likeness (QED) is 0.599. The summed E-state index contributed by atoms with van der Waals surface area (Å²) in [4.78, 5) is 0. The van der Waals surface area contributed by atoms with E-state index in [2.05, 4.69) is 17.5 Å². The Kier molecular flexibility index (Phi) is 4.97. The predicted molar refractivity (Wildman–Crippen MR) is 105 cm³/mol. The molecule has 1 aliphatic heterocycles. The maximum Gasteiger partial charge on any atom is 0.0101 e. The number of fused-ring (bicyclic) bond motifs is 3. The van der Waals surface area contributed by atoms with E-state index >= 15 is 0 Å². The Morgan fingerprint density at radius 2 is 1.32 bits per heavy atom. The molecule has 1 saturated heterocycles. The Morgan fingerprint density at radius 3 is 2.04 bits per heavy atom. The minimum Gasteiger partial charge on any atom is -0.311 e. The van der Waals surface area contributed by atoms with Gasteiger partial charge in [-0.1, -0.05) is 44.3 Å². The first kappa shape index (κ1) is 16.8. The molecule has 1 nitrogen and oxygen atoms in total. The maximum absolute atomic E-state index is 4.12. The molecule has 7 atom stereocenters. The second-order valence-corrected chi connectivity index (χ2v) is 10.3. The molecule has 5 aliphatic rings. The molecule has 5 rings (SSSR count). The average molecular weight is 342 g/mol. The van der Waals surface area contributed by atoms with Gasteiger partial charge in [-0.25, -0.2) is 0 Å². The molecular formula is C24H39N. The highest BCUT2D eigenvalue weighted by Gasteiger charge is 2.49. The van der Waals surface area contributed by atoms with E-state index in [0.717, 1.165) is 47.6 Å². The normalized spacial score (nSPS) is 48.1. The van der Waals surface area contributed by atoms with Gasteiger partial charge in [0.05, 0.1) is 0 Å². The summed E-state index contributed by atoms with van der Waals surface area (Å²) in [6, 6.07) is 1.76. The van der Waals surface area contributed by atoms with Gasteiger partial charge in [0, 0.05) is 12.1 Å². The molecule has 4 aliphatic carbocycles. The van der Waals surface area contributed by atoms with E-state index in [1.54, 1.807) is 25.7 Å². The minimum atomic E-state index is 0.879. The topological polar surface area (TPSA) is 12.0 Å². The van der Waals surface area contributed by atoms with Crippen LogP contribution in [0.4, 0.5) is 0 Å². The Bertz CT molecular complexity index is 476. The van der Waals surface area contributed by atoms with Crippen molar-refractivity contribution in [2.24, 2.45) is 35.5 Å². The van der Waals surface area contributed by atoms with E-state index in [4.69, 9.17) is 0 Å². The van der Waals surface area contributed by atoms with Gasteiger partial charge in [-0.2, -0.15) is 0 Å². The van der Waals surface area contributed by atoms with E-state index in [1.165, 1.54) is 64.2 Å². The van der Waals surface area contributed by atoms with Gasteiger partial charge in [-0.3, -0.25) is 0 Å². The molecule has 140 valence electrons. The highest BCUT2D eigenvalue weighted by atomic mass is 15.0. The van der Waals surface area contributed by atoms with Gasteiger partial charge in [0.2, 0.25) is 0 Å². The van der Waals surface area contributed by atoms with Crippen molar-refractivity contribution in [3.8, 4) is 0 Å². The summed E-state index contributed by atoms with van der Waals surface area (Å²) in [5.41, 5.74) is 0. The summed E-state index contributed by atoms with van der Waals surface area (Å²) in [6.07, 6.45) is 26.1. The van der Waals surface area contributed by atoms with Crippen molar-refractivity contribution in [3.05, 3.63) is 12.2 Å². The summed E-state index contributed by atoms with van der Waals surface area (Å²) in [5.74, 6) is 6.15. The molecule has 1 heterocycles. The van der Waals surface area contributed by atoms with Crippen LogP contribution >= 0.6 is 0 Å². The van der Waals surface area contributed by atoms with Crippen LogP contribution in [0.2, 0.25) is 0 Å². The minimum absolute atomic E-state index is 0.879. The van der Waals surface area contributed by atoms with Gasteiger partial charge < -0.3 is 5.32 Å². The number of nitrogens with one attached hydrogen (secondary N) is 1. The fourth-order valence-electron chi connectivity index (χ4n) is 7.77. The highest BCUT2D eigenvalue weighted by molar-refractivity contribution is 5.06. The van der Waals surface area contributed by atoms with Crippen LogP contribution in [0.1, 0.15) is 89.9 Å². The second-order valence-electron chi connectivity index (χ2n) is 10.3. The molecule has 1 N–H and O–H groups in total. The van der Waals surface area contributed by atoms with E-state index in [-0.39, 0.29) is 0 Å². The van der Waals surface area contributed by atoms with E-state index in [1.807, 2.05) is 0 Å². The molecule has 0 spiro atoms. The molecule has 0 amide bonds. The molecule has 0 aromatic carbocycles. The van der Waals surface area contributed by atoms with Crippen LogP contribution in [-0.2, 0) is 0 Å². The van der Waals surface area contributed by atoms with Crippen LogP contribution in [0.3, 0.4) is 0 Å². The Hall–Kier alpha value is -0.300. The van der Waals surface area contributed by atoms with Gasteiger partial charge >= 0.3 is 0 Å². The van der Waals surface area contributed by atoms with E-state index < -0.39 is 0 Å². The van der Waals surface area contributed by atoms with Crippen LogP contribution < -0.4 is 5.32 Å². The monoisotopic (exact) mass is 341 g/mol. The van der Waals surface area contributed by atoms with Crippen molar-refractivity contribution in [1.82, 2.24) is 5.32 Å². The van der Waals surface area contributed by atoms with Crippen LogP contribution in [0.5, 0.6) is 0 Å². The summed E-state index contributed by atoms with van der Waals surface area (Å²) in [5, 5.41) is 4.12. The molecule has 0 bridgehead atoms. The number of hydrogen-bond donors (Lipinski definition) is 1. The molecule has 25 heavy (non-hydrogen) atoms. The van der Waals surface area contributed by atoms with Crippen molar-refractivity contribution in [2.45, 2.75) is 102 Å². The Labute approximate surface area is 155 Å². The predicted octanol–water partition coefficient (Wildman–Crippen LogP) is 6.10. The molecule has 0 aromatic rings.